The summed E-state index contributed by atoms with van der Waals surface area (Å²) in [6.45, 7) is 13.5. The van der Waals surface area contributed by atoms with E-state index in [1.807, 2.05) is 27.7 Å². The lowest BCUT2D eigenvalue weighted by Crippen LogP contribution is -2.17. The Hall–Kier alpha value is -0.730. The van der Waals surface area contributed by atoms with Crippen LogP contribution in [0.4, 0.5) is 4.79 Å². The van der Waals surface area contributed by atoms with Crippen molar-refractivity contribution in [2.45, 2.75) is 48.0 Å². The first kappa shape index (κ1) is 18.9. The molecule has 14 heavy (non-hydrogen) atoms. The molecule has 0 aliphatic carbocycles. The third-order valence-corrected chi connectivity index (χ3v) is 0.964. The van der Waals surface area contributed by atoms with E-state index in [-0.39, 0.29) is 6.09 Å². The summed E-state index contributed by atoms with van der Waals surface area (Å²) in [5.74, 6) is 0. The topological polar surface area (TPSA) is 29.5 Å². The van der Waals surface area contributed by atoms with Crippen LogP contribution < -0.4 is 0 Å². The lowest BCUT2D eigenvalue weighted by molar-refractivity contribution is 0.163. The number of carbonyl (C=O) groups excluding carboxylic acids is 1. The number of rotatable bonds is 0. The third-order valence-electron chi connectivity index (χ3n) is 0.964. The molecule has 3 nitrogen and oxygen atoms in total. The Morgan fingerprint density at radius 2 is 1.57 bits per heavy atom. The van der Waals surface area contributed by atoms with Crippen LogP contribution in [0.1, 0.15) is 48.0 Å². The molecule has 3 heteroatoms. The van der Waals surface area contributed by atoms with Gasteiger partial charge in [-0.25, -0.2) is 4.79 Å². The van der Waals surface area contributed by atoms with Crippen molar-refractivity contribution in [1.82, 2.24) is 4.90 Å². The first-order valence-corrected chi connectivity index (χ1v) is 5.60. The first-order valence-electron chi connectivity index (χ1n) is 5.60. The largest absolute Gasteiger partial charge is 0.448 e. The van der Waals surface area contributed by atoms with Gasteiger partial charge >= 0.3 is 6.09 Å². The molecule has 0 unspecified atom stereocenters. The van der Waals surface area contributed by atoms with Gasteiger partial charge in [-0.3, -0.25) is 0 Å². The minimum atomic E-state index is -0.208. The highest BCUT2D eigenvalue weighted by atomic mass is 16.6. The van der Waals surface area contributed by atoms with Crippen molar-refractivity contribution in [1.29, 1.82) is 0 Å². The SMILES string of the molecule is CC.CC.CCC.CN1CCOC1=O. The van der Waals surface area contributed by atoms with Crippen LogP contribution in [0.5, 0.6) is 0 Å². The van der Waals surface area contributed by atoms with Gasteiger partial charge in [0.15, 0.2) is 0 Å². The number of carbonyl (C=O) groups is 1. The number of likely N-dealkylation sites (N-methyl/N-ethyl adjacent to an activating group) is 1. The second-order valence-corrected chi connectivity index (χ2v) is 2.24. The van der Waals surface area contributed by atoms with Gasteiger partial charge in [-0.15, -0.1) is 0 Å². The van der Waals surface area contributed by atoms with Gasteiger partial charge in [0.2, 0.25) is 0 Å². The molecule has 1 saturated heterocycles. The number of hydrogen-bond acceptors (Lipinski definition) is 2. The molecule has 1 aliphatic heterocycles. The monoisotopic (exact) mass is 205 g/mol. The molecule has 0 N–H and O–H groups in total. The van der Waals surface area contributed by atoms with Crippen LogP contribution in [0.2, 0.25) is 0 Å². The van der Waals surface area contributed by atoms with Crippen LogP contribution in [0.3, 0.4) is 0 Å². The Morgan fingerprint density at radius 1 is 1.21 bits per heavy atom. The second kappa shape index (κ2) is 18.1. The number of cyclic esters (lactones) is 1. The van der Waals surface area contributed by atoms with Gasteiger partial charge < -0.3 is 9.64 Å². The molecule has 0 spiro atoms. The van der Waals surface area contributed by atoms with Crippen LogP contribution in [0, 0.1) is 0 Å². The molecule has 0 saturated carbocycles. The first-order chi connectivity index (χ1) is 6.72. The summed E-state index contributed by atoms with van der Waals surface area (Å²) in [4.78, 5) is 11.8. The van der Waals surface area contributed by atoms with Gasteiger partial charge in [-0.2, -0.15) is 0 Å². The van der Waals surface area contributed by atoms with Gasteiger partial charge in [-0.05, 0) is 0 Å². The summed E-state index contributed by atoms with van der Waals surface area (Å²) < 4.78 is 4.55. The average Bonchev–Trinajstić information content (AvgIpc) is 2.59. The minimum absolute atomic E-state index is 0.208. The van der Waals surface area contributed by atoms with Crippen molar-refractivity contribution in [3.63, 3.8) is 0 Å². The van der Waals surface area contributed by atoms with Crippen molar-refractivity contribution in [2.75, 3.05) is 20.2 Å². The fraction of sp³-hybridized carbons (Fsp3) is 0.909. The predicted molar refractivity (Wildman–Crippen MR) is 62.6 cm³/mol. The maximum Gasteiger partial charge on any atom is 0.409 e. The Balaban J connectivity index is -0.000000148. The quantitative estimate of drug-likeness (QED) is 0.605. The highest BCUT2D eigenvalue weighted by molar-refractivity contribution is 5.68. The van der Waals surface area contributed by atoms with Gasteiger partial charge in [-0.1, -0.05) is 48.0 Å². The summed E-state index contributed by atoms with van der Waals surface area (Å²) in [7, 11) is 1.72. The molecule has 0 aromatic heterocycles. The average molecular weight is 205 g/mol. The van der Waals surface area contributed by atoms with E-state index < -0.39 is 0 Å². The molecule has 0 bridgehead atoms. The molecule has 1 amide bonds. The highest BCUT2D eigenvalue weighted by Crippen LogP contribution is 1.96. The van der Waals surface area contributed by atoms with Crippen molar-refractivity contribution in [3.8, 4) is 0 Å². The summed E-state index contributed by atoms with van der Waals surface area (Å²) in [5.41, 5.74) is 0. The Labute approximate surface area is 89.4 Å². The number of ether oxygens (including phenoxy) is 1. The van der Waals surface area contributed by atoms with E-state index >= 15 is 0 Å². The van der Waals surface area contributed by atoms with Crippen molar-refractivity contribution < 1.29 is 9.53 Å². The molecule has 1 rings (SSSR count). The van der Waals surface area contributed by atoms with Gasteiger partial charge in [0.25, 0.3) is 0 Å². The minimum Gasteiger partial charge on any atom is -0.448 e. The molecule has 0 aromatic carbocycles. The number of hydrogen-bond donors (Lipinski definition) is 0. The second-order valence-electron chi connectivity index (χ2n) is 2.24. The molecular formula is C11H27NO2. The zero-order valence-corrected chi connectivity index (χ0v) is 10.9. The molecular weight excluding hydrogens is 178 g/mol. The van der Waals surface area contributed by atoms with E-state index in [9.17, 15) is 4.79 Å². The maximum atomic E-state index is 10.3. The van der Waals surface area contributed by atoms with Gasteiger partial charge in [0.1, 0.15) is 6.61 Å². The fourth-order valence-electron chi connectivity index (χ4n) is 0.471. The van der Waals surface area contributed by atoms with E-state index in [1.54, 1.807) is 11.9 Å². The van der Waals surface area contributed by atoms with Crippen molar-refractivity contribution in [3.05, 3.63) is 0 Å². The smallest absolute Gasteiger partial charge is 0.409 e. The van der Waals surface area contributed by atoms with E-state index in [0.29, 0.717) is 6.61 Å². The standard InChI is InChI=1S/C4H7NO2.C3H8.2C2H6/c1-5-2-3-7-4(5)6;1-3-2;2*1-2/h2-3H2,1H3;3H2,1-2H3;2*1-2H3. The molecule has 0 aromatic rings. The van der Waals surface area contributed by atoms with E-state index in [2.05, 4.69) is 18.6 Å². The molecule has 1 fully saturated rings. The Bertz CT molecular complexity index is 105. The van der Waals surface area contributed by atoms with E-state index in [0.717, 1.165) is 6.54 Å². The normalized spacial score (nSPS) is 12.2. The molecule has 0 atom stereocenters. The van der Waals surface area contributed by atoms with Gasteiger partial charge in [0, 0.05) is 7.05 Å². The zero-order valence-electron chi connectivity index (χ0n) is 10.9. The molecule has 1 heterocycles. The lowest BCUT2D eigenvalue weighted by atomic mass is 10.6. The maximum absolute atomic E-state index is 10.3. The Morgan fingerprint density at radius 3 is 1.64 bits per heavy atom. The summed E-state index contributed by atoms with van der Waals surface area (Å²) in [5, 5.41) is 0. The van der Waals surface area contributed by atoms with Crippen LogP contribution >= 0.6 is 0 Å². The predicted octanol–water partition coefficient (Wildman–Crippen LogP) is 3.54. The van der Waals surface area contributed by atoms with E-state index in [1.165, 1.54) is 6.42 Å². The Kier molecular flexibility index (Phi) is 24.5. The van der Waals surface area contributed by atoms with Crippen LogP contribution in [0.15, 0.2) is 0 Å². The third kappa shape index (κ3) is 13.8. The van der Waals surface area contributed by atoms with Crippen LogP contribution in [0.25, 0.3) is 0 Å². The molecule has 0 radical (unpaired) electrons. The van der Waals surface area contributed by atoms with E-state index in [4.69, 9.17) is 0 Å². The van der Waals surface area contributed by atoms with Gasteiger partial charge in [0.05, 0.1) is 6.54 Å². The summed E-state index contributed by atoms with van der Waals surface area (Å²) in [6.07, 6.45) is 1.04. The zero-order chi connectivity index (χ0) is 12.0. The number of amides is 1. The summed E-state index contributed by atoms with van der Waals surface area (Å²) >= 11 is 0. The van der Waals surface area contributed by atoms with Crippen LogP contribution in [-0.4, -0.2) is 31.2 Å². The van der Waals surface area contributed by atoms with Crippen molar-refractivity contribution >= 4 is 6.09 Å². The highest BCUT2D eigenvalue weighted by Gasteiger charge is 2.15. The lowest BCUT2D eigenvalue weighted by Gasteiger charge is -1.98. The summed E-state index contributed by atoms with van der Waals surface area (Å²) in [6, 6.07) is 0. The molecule has 1 aliphatic rings. The van der Waals surface area contributed by atoms with Crippen molar-refractivity contribution in [2.24, 2.45) is 0 Å². The molecule has 88 valence electrons. The fourth-order valence-corrected chi connectivity index (χ4v) is 0.471. The van der Waals surface area contributed by atoms with Crippen LogP contribution in [-0.2, 0) is 4.74 Å². The number of nitrogens with zero attached hydrogens (tertiary/aromatic N) is 1.